The van der Waals surface area contributed by atoms with E-state index in [0.717, 1.165) is 10.0 Å². The van der Waals surface area contributed by atoms with E-state index in [4.69, 9.17) is 9.47 Å². The molecule has 1 aliphatic rings. The van der Waals surface area contributed by atoms with Crippen molar-refractivity contribution < 1.29 is 19.1 Å². The highest BCUT2D eigenvalue weighted by molar-refractivity contribution is 9.10. The average molecular weight is 327 g/mol. The third kappa shape index (κ3) is 2.66. The monoisotopic (exact) mass is 326 g/mol. The van der Waals surface area contributed by atoms with E-state index in [-0.39, 0.29) is 24.5 Å². The molecular weight excluding hydrogens is 312 g/mol. The van der Waals surface area contributed by atoms with E-state index in [1.165, 1.54) is 14.0 Å². The average Bonchev–Trinajstić information content (AvgIpc) is 3.12. The molecule has 0 radical (unpaired) electrons. The quantitative estimate of drug-likeness (QED) is 0.797. The molecule has 19 heavy (non-hydrogen) atoms. The van der Waals surface area contributed by atoms with Crippen LogP contribution in [0.4, 0.5) is 0 Å². The number of hydrogen-bond donors (Lipinski definition) is 0. The van der Waals surface area contributed by atoms with Crippen LogP contribution in [0.5, 0.6) is 0 Å². The second kappa shape index (κ2) is 5.33. The molecule has 1 aromatic carbocycles. The third-order valence-corrected chi connectivity index (χ3v) is 4.03. The maximum atomic E-state index is 12.1. The van der Waals surface area contributed by atoms with Gasteiger partial charge in [0.2, 0.25) is 0 Å². The molecule has 0 heterocycles. The molecule has 1 fully saturated rings. The predicted octanol–water partition coefficient (Wildman–Crippen LogP) is 2.44. The third-order valence-electron chi connectivity index (χ3n) is 3.50. The van der Waals surface area contributed by atoms with E-state index < -0.39 is 5.41 Å². The highest BCUT2D eigenvalue weighted by atomic mass is 79.9. The van der Waals surface area contributed by atoms with Gasteiger partial charge in [0.15, 0.2) is 0 Å². The SMILES string of the molecule is COC(=O)[C@]1(c2ccc(Br)cc2)C[C@H]1COC(C)=O. The fourth-order valence-electron chi connectivity index (χ4n) is 2.40. The molecule has 4 nitrogen and oxygen atoms in total. The number of ether oxygens (including phenoxy) is 2. The Morgan fingerprint density at radius 3 is 2.53 bits per heavy atom. The Kier molecular flexibility index (Phi) is 3.94. The lowest BCUT2D eigenvalue weighted by Gasteiger charge is -2.15. The van der Waals surface area contributed by atoms with Gasteiger partial charge in [-0.1, -0.05) is 28.1 Å². The van der Waals surface area contributed by atoms with Crippen molar-refractivity contribution in [2.45, 2.75) is 18.8 Å². The lowest BCUT2D eigenvalue weighted by molar-refractivity contribution is -0.146. The first-order chi connectivity index (χ1) is 9.00. The lowest BCUT2D eigenvalue weighted by Crippen LogP contribution is -2.26. The lowest BCUT2D eigenvalue weighted by atomic mass is 9.93. The minimum Gasteiger partial charge on any atom is -0.468 e. The van der Waals surface area contributed by atoms with Crippen molar-refractivity contribution >= 4 is 27.9 Å². The van der Waals surface area contributed by atoms with E-state index in [1.807, 2.05) is 24.3 Å². The molecule has 0 amide bonds. The molecule has 1 aromatic rings. The van der Waals surface area contributed by atoms with Gasteiger partial charge >= 0.3 is 11.9 Å². The topological polar surface area (TPSA) is 52.6 Å². The summed E-state index contributed by atoms with van der Waals surface area (Å²) in [7, 11) is 1.38. The van der Waals surface area contributed by atoms with Gasteiger partial charge in [-0.3, -0.25) is 9.59 Å². The molecule has 1 saturated carbocycles. The zero-order valence-corrected chi connectivity index (χ0v) is 12.4. The van der Waals surface area contributed by atoms with Crippen LogP contribution in [0.25, 0.3) is 0 Å². The standard InChI is InChI=1S/C14H15BrO4/c1-9(16)19-8-11-7-14(11,13(17)18-2)10-3-5-12(15)6-4-10/h3-6,11H,7-8H2,1-2H3/t11-,14-/m0/s1. The van der Waals surface area contributed by atoms with Gasteiger partial charge in [0.05, 0.1) is 19.1 Å². The molecule has 2 rings (SSSR count). The fraction of sp³-hybridized carbons (Fsp3) is 0.429. The summed E-state index contributed by atoms with van der Waals surface area (Å²) in [5, 5.41) is 0. The van der Waals surface area contributed by atoms with E-state index >= 15 is 0 Å². The van der Waals surface area contributed by atoms with Crippen LogP contribution >= 0.6 is 15.9 Å². The molecule has 5 heteroatoms. The summed E-state index contributed by atoms with van der Waals surface area (Å²) in [5.74, 6) is -0.613. The molecule has 0 aromatic heterocycles. The predicted molar refractivity (Wildman–Crippen MR) is 72.6 cm³/mol. The van der Waals surface area contributed by atoms with Crippen LogP contribution in [0, 0.1) is 5.92 Å². The normalized spacial score (nSPS) is 24.7. The molecular formula is C14H15BrO4. The number of hydrogen-bond acceptors (Lipinski definition) is 4. The molecule has 0 N–H and O–H groups in total. The molecule has 0 unspecified atom stereocenters. The Hall–Kier alpha value is -1.36. The molecule has 0 saturated heterocycles. The van der Waals surface area contributed by atoms with Crippen LogP contribution < -0.4 is 0 Å². The Bertz CT molecular complexity index is 497. The van der Waals surface area contributed by atoms with Crippen LogP contribution in [0.15, 0.2) is 28.7 Å². The first-order valence-electron chi connectivity index (χ1n) is 5.98. The van der Waals surface area contributed by atoms with Crippen molar-refractivity contribution in [2.24, 2.45) is 5.92 Å². The van der Waals surface area contributed by atoms with E-state index in [1.54, 1.807) is 0 Å². The van der Waals surface area contributed by atoms with Crippen LogP contribution in [0.3, 0.4) is 0 Å². The maximum Gasteiger partial charge on any atom is 0.316 e. The van der Waals surface area contributed by atoms with Crippen molar-refractivity contribution in [3.05, 3.63) is 34.3 Å². The van der Waals surface area contributed by atoms with Crippen LogP contribution in [0.2, 0.25) is 0 Å². The van der Waals surface area contributed by atoms with Gasteiger partial charge in [-0.2, -0.15) is 0 Å². The van der Waals surface area contributed by atoms with Gasteiger partial charge in [0, 0.05) is 17.3 Å². The number of carbonyl (C=O) groups is 2. The number of benzene rings is 1. The number of esters is 2. The smallest absolute Gasteiger partial charge is 0.316 e. The summed E-state index contributed by atoms with van der Waals surface area (Å²) in [6.45, 7) is 1.61. The Morgan fingerprint density at radius 1 is 1.37 bits per heavy atom. The second-order valence-electron chi connectivity index (χ2n) is 4.67. The summed E-state index contributed by atoms with van der Waals surface area (Å²) in [6.07, 6.45) is 0.647. The first kappa shape index (κ1) is 14.1. The molecule has 0 bridgehead atoms. The molecule has 2 atom stereocenters. The van der Waals surface area contributed by atoms with E-state index in [0.29, 0.717) is 6.42 Å². The minimum atomic E-state index is -0.662. The van der Waals surface area contributed by atoms with Gasteiger partial charge in [-0.05, 0) is 24.1 Å². The summed E-state index contributed by atoms with van der Waals surface area (Å²) in [4.78, 5) is 22.9. The second-order valence-corrected chi connectivity index (χ2v) is 5.59. The van der Waals surface area contributed by atoms with Crippen LogP contribution in [0.1, 0.15) is 18.9 Å². The van der Waals surface area contributed by atoms with Gasteiger partial charge in [-0.25, -0.2) is 0 Å². The summed E-state index contributed by atoms with van der Waals surface area (Å²) in [6, 6.07) is 7.58. The molecule has 102 valence electrons. The number of halogens is 1. The molecule has 1 aliphatic carbocycles. The first-order valence-corrected chi connectivity index (χ1v) is 6.78. The summed E-state index contributed by atoms with van der Waals surface area (Å²) < 4.78 is 10.9. The van der Waals surface area contributed by atoms with Gasteiger partial charge in [0.1, 0.15) is 0 Å². The van der Waals surface area contributed by atoms with Crippen molar-refractivity contribution in [3.63, 3.8) is 0 Å². The molecule has 0 aliphatic heterocycles. The highest BCUT2D eigenvalue weighted by Gasteiger charge is 2.62. The van der Waals surface area contributed by atoms with Crippen LogP contribution in [-0.4, -0.2) is 25.7 Å². The fourth-order valence-corrected chi connectivity index (χ4v) is 2.66. The summed E-state index contributed by atoms with van der Waals surface area (Å²) in [5.41, 5.74) is 0.241. The number of methoxy groups -OCH3 is 1. The maximum absolute atomic E-state index is 12.1. The Balaban J connectivity index is 2.21. The highest BCUT2D eigenvalue weighted by Crippen LogP contribution is 2.55. The van der Waals surface area contributed by atoms with Crippen molar-refractivity contribution in [1.82, 2.24) is 0 Å². The minimum absolute atomic E-state index is 0.00924. The number of carbonyl (C=O) groups excluding carboxylic acids is 2. The van der Waals surface area contributed by atoms with Crippen molar-refractivity contribution in [2.75, 3.05) is 13.7 Å². The van der Waals surface area contributed by atoms with Crippen molar-refractivity contribution in [3.8, 4) is 0 Å². The largest absolute Gasteiger partial charge is 0.468 e. The van der Waals surface area contributed by atoms with Gasteiger partial charge in [0.25, 0.3) is 0 Å². The van der Waals surface area contributed by atoms with Crippen molar-refractivity contribution in [1.29, 1.82) is 0 Å². The Labute approximate surface area is 120 Å². The zero-order chi connectivity index (χ0) is 14.0. The zero-order valence-electron chi connectivity index (χ0n) is 10.8. The summed E-state index contributed by atoms with van der Waals surface area (Å²) >= 11 is 3.37. The van der Waals surface area contributed by atoms with E-state index in [2.05, 4.69) is 15.9 Å². The van der Waals surface area contributed by atoms with E-state index in [9.17, 15) is 9.59 Å². The number of rotatable bonds is 4. The van der Waals surface area contributed by atoms with Crippen LogP contribution in [-0.2, 0) is 24.5 Å². The van der Waals surface area contributed by atoms with Gasteiger partial charge in [-0.15, -0.1) is 0 Å². The Morgan fingerprint density at radius 2 is 2.00 bits per heavy atom. The van der Waals surface area contributed by atoms with Gasteiger partial charge < -0.3 is 9.47 Å². The molecule has 0 spiro atoms.